The van der Waals surface area contributed by atoms with E-state index in [1.807, 2.05) is 0 Å². The van der Waals surface area contributed by atoms with Crippen molar-refractivity contribution in [1.82, 2.24) is 10.3 Å². The maximum absolute atomic E-state index is 14.8. The van der Waals surface area contributed by atoms with Gasteiger partial charge in [0.25, 0.3) is 0 Å². The number of rotatable bonds is 3. The first-order valence-electron chi connectivity index (χ1n) is 8.13. The van der Waals surface area contributed by atoms with Gasteiger partial charge in [-0.05, 0) is 6.92 Å². The van der Waals surface area contributed by atoms with Crippen LogP contribution in [0.1, 0.15) is 29.7 Å². The molecule has 0 spiro atoms. The highest BCUT2D eigenvalue weighted by Gasteiger charge is 2.35. The Morgan fingerprint density at radius 3 is 2.59 bits per heavy atom. The standard InChI is InChI=1S/C17H13F3N8O/c1-2-29-8-3-7(18)11(19)12(20)9(8)14-10-13(23)6(4-21)15(24)27-16(10)28-17(26-14)25-5-22/h3,14H,2H2,1H3,(H6,23,24,25,26,27,28). The van der Waals surface area contributed by atoms with E-state index in [2.05, 4.69) is 20.6 Å². The Balaban J connectivity index is 2.37. The second kappa shape index (κ2) is 7.44. The molecule has 0 bridgehead atoms. The molecule has 6 N–H and O–H groups in total. The summed E-state index contributed by atoms with van der Waals surface area (Å²) in [4.78, 5) is 8.12. The summed E-state index contributed by atoms with van der Waals surface area (Å²) in [6, 6.07) is 1.04. The number of pyridine rings is 1. The van der Waals surface area contributed by atoms with Crippen LogP contribution in [0.25, 0.3) is 0 Å². The lowest BCUT2D eigenvalue weighted by molar-refractivity contribution is 0.324. The molecule has 0 aliphatic carbocycles. The summed E-state index contributed by atoms with van der Waals surface area (Å²) in [5.41, 5.74) is 10.9. The molecule has 0 saturated carbocycles. The SMILES string of the molecule is CCOc1cc(F)c(F)c(F)c1C1N=C(NC#N)Nc2nc(N)c(C#N)c(N)c21. The van der Waals surface area contributed by atoms with E-state index in [-0.39, 0.29) is 46.8 Å². The molecule has 1 aromatic carbocycles. The quantitative estimate of drug-likeness (QED) is 0.344. The largest absolute Gasteiger partial charge is 0.493 e. The second-order valence-corrected chi connectivity index (χ2v) is 5.73. The molecule has 3 rings (SSSR count). The predicted molar refractivity (Wildman–Crippen MR) is 96.9 cm³/mol. The van der Waals surface area contributed by atoms with Gasteiger partial charge in [0.1, 0.15) is 35.1 Å². The van der Waals surface area contributed by atoms with Gasteiger partial charge in [-0.15, -0.1) is 0 Å². The number of nitriles is 2. The van der Waals surface area contributed by atoms with E-state index in [1.54, 1.807) is 19.2 Å². The van der Waals surface area contributed by atoms with Gasteiger partial charge in [0.15, 0.2) is 23.6 Å². The van der Waals surface area contributed by atoms with Gasteiger partial charge in [-0.3, -0.25) is 5.32 Å². The molecule has 29 heavy (non-hydrogen) atoms. The summed E-state index contributed by atoms with van der Waals surface area (Å²) < 4.78 is 47.9. The first kappa shape index (κ1) is 19.6. The van der Waals surface area contributed by atoms with Crippen molar-refractivity contribution in [3.8, 4) is 18.0 Å². The predicted octanol–water partition coefficient (Wildman–Crippen LogP) is 1.88. The minimum absolute atomic E-state index is 0.00917. The Morgan fingerprint density at radius 1 is 1.24 bits per heavy atom. The van der Waals surface area contributed by atoms with Crippen molar-refractivity contribution in [2.24, 2.45) is 4.99 Å². The smallest absolute Gasteiger partial charge is 0.211 e. The number of nitrogen functional groups attached to an aromatic ring is 2. The molecule has 2 aromatic rings. The van der Waals surface area contributed by atoms with Gasteiger partial charge in [0.2, 0.25) is 5.96 Å². The van der Waals surface area contributed by atoms with Crippen molar-refractivity contribution in [1.29, 1.82) is 10.5 Å². The zero-order chi connectivity index (χ0) is 21.3. The van der Waals surface area contributed by atoms with Crippen LogP contribution in [0.15, 0.2) is 11.1 Å². The number of aromatic nitrogens is 1. The Morgan fingerprint density at radius 2 is 1.97 bits per heavy atom. The molecule has 148 valence electrons. The zero-order valence-electron chi connectivity index (χ0n) is 14.8. The minimum atomic E-state index is -1.74. The summed E-state index contributed by atoms with van der Waals surface area (Å²) in [5.74, 6) is -5.50. The van der Waals surface area contributed by atoms with Crippen LogP contribution in [0.5, 0.6) is 5.75 Å². The molecule has 0 fully saturated rings. The monoisotopic (exact) mass is 402 g/mol. The van der Waals surface area contributed by atoms with Gasteiger partial charge in [-0.1, -0.05) is 0 Å². The van der Waals surface area contributed by atoms with Crippen molar-refractivity contribution in [2.45, 2.75) is 13.0 Å². The number of halogens is 3. The molecule has 1 unspecified atom stereocenters. The molecule has 1 aliphatic heterocycles. The molecular weight excluding hydrogens is 389 g/mol. The minimum Gasteiger partial charge on any atom is -0.493 e. The highest BCUT2D eigenvalue weighted by Crippen LogP contribution is 2.44. The Labute approximate surface area is 162 Å². The maximum Gasteiger partial charge on any atom is 0.211 e. The number of nitrogens with one attached hydrogen (secondary N) is 2. The van der Waals surface area contributed by atoms with Gasteiger partial charge in [0.05, 0.1) is 17.9 Å². The average molecular weight is 402 g/mol. The van der Waals surface area contributed by atoms with E-state index < -0.39 is 29.1 Å². The number of hydrogen-bond acceptors (Lipinski definition) is 9. The molecule has 0 saturated heterocycles. The van der Waals surface area contributed by atoms with Crippen molar-refractivity contribution in [3.05, 3.63) is 40.2 Å². The summed E-state index contributed by atoms with van der Waals surface area (Å²) in [7, 11) is 0. The van der Waals surface area contributed by atoms with Crippen molar-refractivity contribution in [3.63, 3.8) is 0 Å². The van der Waals surface area contributed by atoms with Crippen LogP contribution in [0.3, 0.4) is 0 Å². The first-order chi connectivity index (χ1) is 13.8. The van der Waals surface area contributed by atoms with Crippen LogP contribution in [0.2, 0.25) is 0 Å². The molecule has 12 heteroatoms. The number of fused-ring (bicyclic) bond motifs is 1. The number of nitrogens with zero attached hydrogens (tertiary/aromatic N) is 4. The third-order valence-corrected chi connectivity index (χ3v) is 4.09. The molecule has 9 nitrogen and oxygen atoms in total. The number of anilines is 3. The first-order valence-corrected chi connectivity index (χ1v) is 8.13. The number of hydrogen-bond donors (Lipinski definition) is 4. The highest BCUT2D eigenvalue weighted by atomic mass is 19.2. The van der Waals surface area contributed by atoms with Crippen molar-refractivity contribution >= 4 is 23.3 Å². The molecule has 0 radical (unpaired) electrons. The van der Waals surface area contributed by atoms with Crippen LogP contribution >= 0.6 is 0 Å². The van der Waals surface area contributed by atoms with Gasteiger partial charge in [-0.2, -0.15) is 10.5 Å². The van der Waals surface area contributed by atoms with Crippen molar-refractivity contribution in [2.75, 3.05) is 23.4 Å². The van der Waals surface area contributed by atoms with Crippen LogP contribution in [0, 0.1) is 40.2 Å². The van der Waals surface area contributed by atoms with Gasteiger partial charge >= 0.3 is 0 Å². The third-order valence-electron chi connectivity index (χ3n) is 4.09. The van der Waals surface area contributed by atoms with Gasteiger partial charge in [0, 0.05) is 11.6 Å². The second-order valence-electron chi connectivity index (χ2n) is 5.73. The van der Waals surface area contributed by atoms with Gasteiger partial charge in [-0.25, -0.2) is 23.1 Å². The third kappa shape index (κ3) is 3.17. The van der Waals surface area contributed by atoms with E-state index in [0.717, 1.165) is 0 Å². The molecule has 1 atom stereocenters. The summed E-state index contributed by atoms with van der Waals surface area (Å²) in [6.45, 7) is 1.58. The van der Waals surface area contributed by atoms with Crippen molar-refractivity contribution < 1.29 is 17.9 Å². The fourth-order valence-electron chi connectivity index (χ4n) is 2.91. The molecule has 2 heterocycles. The molecule has 0 amide bonds. The van der Waals surface area contributed by atoms with Crippen LogP contribution in [-0.2, 0) is 0 Å². The van der Waals surface area contributed by atoms with Crippen LogP contribution in [-0.4, -0.2) is 17.6 Å². The van der Waals surface area contributed by atoms with Crippen LogP contribution < -0.4 is 26.8 Å². The maximum atomic E-state index is 14.8. The number of aliphatic imine (C=N–C) groups is 1. The molecule has 1 aliphatic rings. The zero-order valence-corrected chi connectivity index (χ0v) is 14.8. The summed E-state index contributed by atoms with van der Waals surface area (Å²) in [5, 5.41) is 23.0. The van der Waals surface area contributed by atoms with Gasteiger partial charge < -0.3 is 21.5 Å². The number of guanidine groups is 1. The Bertz CT molecular complexity index is 1120. The fourth-order valence-corrected chi connectivity index (χ4v) is 2.91. The fraction of sp³-hybridized carbons (Fsp3) is 0.176. The Kier molecular flexibility index (Phi) is 5.02. The molecular formula is C17H13F3N8O. The van der Waals surface area contributed by atoms with E-state index in [9.17, 15) is 18.4 Å². The number of ether oxygens (including phenoxy) is 1. The summed E-state index contributed by atoms with van der Waals surface area (Å²) in [6.07, 6.45) is 1.62. The lowest BCUT2D eigenvalue weighted by Crippen LogP contribution is -2.33. The lowest BCUT2D eigenvalue weighted by Gasteiger charge is -2.27. The summed E-state index contributed by atoms with van der Waals surface area (Å²) >= 11 is 0. The average Bonchev–Trinajstić information content (AvgIpc) is 2.66. The normalized spacial score (nSPS) is 14.7. The molecule has 1 aromatic heterocycles. The topological polar surface area (TPSA) is 158 Å². The van der Waals surface area contributed by atoms with Crippen LogP contribution in [0.4, 0.5) is 30.5 Å². The highest BCUT2D eigenvalue weighted by molar-refractivity contribution is 5.98. The van der Waals surface area contributed by atoms with E-state index in [1.165, 1.54) is 0 Å². The number of benzene rings is 1. The number of nitrogens with two attached hydrogens (primary N) is 2. The Hall–Kier alpha value is -4.19. The van der Waals surface area contributed by atoms with E-state index in [4.69, 9.17) is 21.5 Å². The van der Waals surface area contributed by atoms with E-state index in [0.29, 0.717) is 6.07 Å². The lowest BCUT2D eigenvalue weighted by atomic mass is 9.93. The van der Waals surface area contributed by atoms with E-state index >= 15 is 0 Å².